The fourth-order valence-electron chi connectivity index (χ4n) is 4.76. The number of halogens is 3. The number of aromatic nitrogens is 2. The molecule has 0 bridgehead atoms. The van der Waals surface area contributed by atoms with Crippen molar-refractivity contribution < 1.29 is 18.7 Å². The number of fused-ring (bicyclic) bond motifs is 1. The molecule has 2 atom stereocenters. The van der Waals surface area contributed by atoms with Crippen LogP contribution in [-0.4, -0.2) is 46.4 Å². The van der Waals surface area contributed by atoms with Crippen LogP contribution in [0.1, 0.15) is 22.3 Å². The van der Waals surface area contributed by atoms with Crippen molar-refractivity contribution >= 4 is 34.1 Å². The highest BCUT2D eigenvalue weighted by atomic mass is 35.5. The third-order valence-electron chi connectivity index (χ3n) is 6.58. The molecule has 0 spiro atoms. The molecule has 3 aromatic carbocycles. The summed E-state index contributed by atoms with van der Waals surface area (Å²) in [4.78, 5) is 13.7. The largest absolute Gasteiger partial charge is 0.390 e. The fourth-order valence-corrected chi connectivity index (χ4v) is 5.03. The summed E-state index contributed by atoms with van der Waals surface area (Å²) < 4.78 is 28.8. The third kappa shape index (κ3) is 4.85. The number of hydrogen-bond acceptors (Lipinski definition) is 6. The lowest BCUT2D eigenvalue weighted by Gasteiger charge is -2.37. The van der Waals surface area contributed by atoms with Gasteiger partial charge < -0.3 is 21.5 Å². The first-order valence-electron chi connectivity index (χ1n) is 11.7. The van der Waals surface area contributed by atoms with E-state index in [2.05, 4.69) is 10.2 Å². The van der Waals surface area contributed by atoms with Crippen LogP contribution in [0, 0.1) is 18.6 Å². The predicted octanol–water partition coefficient (Wildman–Crippen LogP) is 4.20. The van der Waals surface area contributed by atoms with Gasteiger partial charge in [-0.05, 0) is 73.0 Å². The molecule has 4 aromatic rings. The van der Waals surface area contributed by atoms with Gasteiger partial charge in [-0.25, -0.2) is 8.78 Å². The number of rotatable bonds is 4. The van der Waals surface area contributed by atoms with Gasteiger partial charge in [-0.15, -0.1) is 10.2 Å². The van der Waals surface area contributed by atoms with Crippen LogP contribution >= 0.6 is 11.6 Å². The normalized spacial score (nSPS) is 17.8. The Balaban J connectivity index is 1.79. The van der Waals surface area contributed by atoms with E-state index in [4.69, 9.17) is 23.1 Å². The Morgan fingerprint density at radius 3 is 2.49 bits per heavy atom. The molecule has 0 aliphatic carbocycles. The highest BCUT2D eigenvalue weighted by Gasteiger charge is 2.29. The van der Waals surface area contributed by atoms with Crippen molar-refractivity contribution in [3.8, 4) is 22.4 Å². The first-order valence-corrected chi connectivity index (χ1v) is 12.1. The van der Waals surface area contributed by atoms with E-state index < -0.39 is 23.6 Å². The second-order valence-electron chi connectivity index (χ2n) is 9.32. The maximum Gasteiger partial charge on any atom is 0.248 e. The van der Waals surface area contributed by atoms with E-state index in [1.807, 2.05) is 4.90 Å². The number of β-amino-alcohol motifs (C(OH)–C–C–N with tert-alkyl or cyclic N) is 1. The van der Waals surface area contributed by atoms with Gasteiger partial charge in [0.2, 0.25) is 5.91 Å². The smallest absolute Gasteiger partial charge is 0.248 e. The number of aliphatic hydroxyl groups excluding tert-OH is 1. The second-order valence-corrected chi connectivity index (χ2v) is 9.73. The van der Waals surface area contributed by atoms with E-state index in [0.717, 1.165) is 6.07 Å². The maximum atomic E-state index is 14.4. The molecule has 2 heterocycles. The van der Waals surface area contributed by atoms with Crippen LogP contribution in [0.25, 0.3) is 33.3 Å². The predicted molar refractivity (Wildman–Crippen MR) is 139 cm³/mol. The molecule has 7 nitrogen and oxygen atoms in total. The lowest BCUT2D eigenvalue weighted by Crippen LogP contribution is -2.50. The minimum absolute atomic E-state index is 0.00306. The van der Waals surface area contributed by atoms with Crippen LogP contribution in [0.3, 0.4) is 0 Å². The number of carbonyl (C=O) groups is 1. The summed E-state index contributed by atoms with van der Waals surface area (Å²) in [5, 5.41) is 20.2. The molecule has 1 amide bonds. The van der Waals surface area contributed by atoms with Crippen LogP contribution in [-0.2, 0) is 0 Å². The number of benzene rings is 3. The Kier molecular flexibility index (Phi) is 6.53. The molecule has 10 heteroatoms. The lowest BCUT2D eigenvalue weighted by molar-refractivity contribution is 0.1000. The van der Waals surface area contributed by atoms with E-state index in [9.17, 15) is 18.7 Å². The maximum absolute atomic E-state index is 14.4. The Morgan fingerprint density at radius 1 is 1.05 bits per heavy atom. The zero-order valence-corrected chi connectivity index (χ0v) is 20.6. The molecule has 1 aliphatic heterocycles. The number of piperidine rings is 1. The highest BCUT2D eigenvalue weighted by Crippen LogP contribution is 2.41. The summed E-state index contributed by atoms with van der Waals surface area (Å²) in [7, 11) is 0. The molecule has 5 rings (SSSR count). The molecule has 1 saturated heterocycles. The number of anilines is 1. The minimum atomic E-state index is -0.785. The first-order chi connectivity index (χ1) is 17.6. The zero-order valence-electron chi connectivity index (χ0n) is 19.9. The van der Waals surface area contributed by atoms with Crippen LogP contribution in [0.5, 0.6) is 0 Å². The minimum Gasteiger partial charge on any atom is -0.390 e. The lowest BCUT2D eigenvalue weighted by atomic mass is 9.96. The highest BCUT2D eigenvalue weighted by molar-refractivity contribution is 6.34. The molecule has 37 heavy (non-hydrogen) atoms. The van der Waals surface area contributed by atoms with E-state index in [1.165, 1.54) is 24.3 Å². The number of aryl methyl sites for hydroxylation is 1. The van der Waals surface area contributed by atoms with Gasteiger partial charge in [-0.2, -0.15) is 0 Å². The van der Waals surface area contributed by atoms with Gasteiger partial charge in [0, 0.05) is 41.2 Å². The average Bonchev–Trinajstić information content (AvgIpc) is 2.83. The second kappa shape index (κ2) is 9.66. The number of nitrogens with zero attached hydrogens (tertiary/aromatic N) is 3. The Morgan fingerprint density at radius 2 is 1.78 bits per heavy atom. The van der Waals surface area contributed by atoms with Gasteiger partial charge in [0.25, 0.3) is 0 Å². The molecule has 0 saturated carbocycles. The number of aliphatic hydroxyl groups is 1. The van der Waals surface area contributed by atoms with Crippen molar-refractivity contribution in [3.63, 3.8) is 0 Å². The van der Waals surface area contributed by atoms with Crippen molar-refractivity contribution in [1.29, 1.82) is 0 Å². The molecule has 1 fully saturated rings. The summed E-state index contributed by atoms with van der Waals surface area (Å²) in [5.74, 6) is -1.83. The quantitative estimate of drug-likeness (QED) is 0.369. The van der Waals surface area contributed by atoms with E-state index in [-0.39, 0.29) is 23.2 Å². The summed E-state index contributed by atoms with van der Waals surface area (Å²) in [6, 6.07) is 11.3. The van der Waals surface area contributed by atoms with Gasteiger partial charge >= 0.3 is 0 Å². The fraction of sp³-hybridized carbons (Fsp3) is 0.222. The van der Waals surface area contributed by atoms with Crippen LogP contribution in [0.15, 0.2) is 48.5 Å². The molecular formula is C27H24ClF2N5O2. The van der Waals surface area contributed by atoms with Crippen molar-refractivity contribution in [2.24, 2.45) is 11.5 Å². The van der Waals surface area contributed by atoms with Crippen molar-refractivity contribution in [3.05, 3.63) is 76.3 Å². The van der Waals surface area contributed by atoms with Gasteiger partial charge in [0.15, 0.2) is 0 Å². The monoisotopic (exact) mass is 523 g/mol. The Hall–Kier alpha value is -3.66. The number of hydrogen-bond donors (Lipinski definition) is 3. The van der Waals surface area contributed by atoms with Gasteiger partial charge in [-0.1, -0.05) is 11.6 Å². The van der Waals surface area contributed by atoms with Crippen molar-refractivity contribution in [2.45, 2.75) is 25.5 Å². The third-order valence-corrected chi connectivity index (χ3v) is 6.89. The van der Waals surface area contributed by atoms with E-state index >= 15 is 0 Å². The molecular weight excluding hydrogens is 500 g/mol. The van der Waals surface area contributed by atoms with Crippen LogP contribution < -0.4 is 16.4 Å². The van der Waals surface area contributed by atoms with Gasteiger partial charge in [0.1, 0.15) is 17.3 Å². The number of amides is 1. The Bertz CT molecular complexity index is 1530. The number of nitrogens with two attached hydrogens (primary N) is 2. The molecule has 5 N–H and O–H groups in total. The van der Waals surface area contributed by atoms with Gasteiger partial charge in [-0.3, -0.25) is 4.79 Å². The molecule has 2 unspecified atom stereocenters. The zero-order chi connectivity index (χ0) is 26.4. The summed E-state index contributed by atoms with van der Waals surface area (Å²) >= 11 is 6.57. The summed E-state index contributed by atoms with van der Waals surface area (Å²) in [6.45, 7) is 2.53. The van der Waals surface area contributed by atoms with E-state index in [1.54, 1.807) is 25.1 Å². The average molecular weight is 524 g/mol. The Labute approximate surface area is 216 Å². The number of primary amides is 1. The molecule has 190 valence electrons. The number of carbonyl (C=O) groups excluding carboxylic acids is 1. The topological polar surface area (TPSA) is 118 Å². The molecule has 1 aromatic heterocycles. The molecule has 0 radical (unpaired) electrons. The van der Waals surface area contributed by atoms with Gasteiger partial charge in [0.05, 0.1) is 22.3 Å². The summed E-state index contributed by atoms with van der Waals surface area (Å²) in [5.41, 5.74) is 15.0. The standard InChI is InChI=1S/C27H24ClF2N5O2/c1-13-4-15(8-17(29)5-13)25-26(35-3-2-22(31)24(36)12-35)20-10-19(21(28)11-23(20)33-34-25)14-6-16(27(32)37)9-18(30)7-14/h4-11,22,24,36H,2-3,12,31H2,1H3,(H2,32,37). The molecule has 1 aliphatic rings. The van der Waals surface area contributed by atoms with Crippen LogP contribution in [0.4, 0.5) is 14.5 Å². The SMILES string of the molecule is Cc1cc(F)cc(-c2nnc3cc(Cl)c(-c4cc(F)cc(C(N)=O)c4)cc3c2N2CCC(N)C(O)C2)c1. The van der Waals surface area contributed by atoms with E-state index in [0.29, 0.717) is 57.5 Å². The van der Waals surface area contributed by atoms with Crippen molar-refractivity contribution in [1.82, 2.24) is 10.2 Å². The summed E-state index contributed by atoms with van der Waals surface area (Å²) in [6.07, 6.45) is -0.258. The van der Waals surface area contributed by atoms with Crippen LogP contribution in [0.2, 0.25) is 5.02 Å². The first kappa shape index (κ1) is 25.0. The van der Waals surface area contributed by atoms with Crippen molar-refractivity contribution in [2.75, 3.05) is 18.0 Å².